The van der Waals surface area contributed by atoms with Gasteiger partial charge in [0.25, 0.3) is 0 Å². The highest BCUT2D eigenvalue weighted by molar-refractivity contribution is 7.13. The van der Waals surface area contributed by atoms with Crippen LogP contribution in [0.1, 0.15) is 17.9 Å². The third kappa shape index (κ3) is 3.88. The van der Waals surface area contributed by atoms with Gasteiger partial charge in [0.1, 0.15) is 6.26 Å². The van der Waals surface area contributed by atoms with Crippen LogP contribution in [0.4, 0.5) is 13.2 Å². The smallest absolute Gasteiger partial charge is 0.425 e. The summed E-state index contributed by atoms with van der Waals surface area (Å²) in [6, 6.07) is 3.62. The molecular weight excluding hydrogens is 385 g/mol. The molecule has 0 saturated heterocycles. The van der Waals surface area contributed by atoms with E-state index in [9.17, 15) is 23.1 Å². The summed E-state index contributed by atoms with van der Waals surface area (Å²) in [7, 11) is 1.30. The van der Waals surface area contributed by atoms with Crippen molar-refractivity contribution in [2.75, 3.05) is 0 Å². The van der Waals surface area contributed by atoms with Gasteiger partial charge in [0.15, 0.2) is 5.82 Å². The van der Waals surface area contributed by atoms with Crippen molar-refractivity contribution in [3.8, 4) is 10.8 Å². The van der Waals surface area contributed by atoms with Crippen molar-refractivity contribution in [1.82, 2.24) is 19.9 Å². The lowest BCUT2D eigenvalue weighted by atomic mass is 9.97. The first kappa shape index (κ1) is 19.1. The second kappa shape index (κ2) is 7.16. The Hall–Kier alpha value is -2.66. The third-order valence-electron chi connectivity index (χ3n) is 3.83. The first-order valence-corrected chi connectivity index (χ1v) is 8.60. The molecule has 0 bridgehead atoms. The fourth-order valence-electron chi connectivity index (χ4n) is 2.46. The van der Waals surface area contributed by atoms with Gasteiger partial charge in [0, 0.05) is 19.4 Å². The van der Waals surface area contributed by atoms with Gasteiger partial charge in [0.2, 0.25) is 17.4 Å². The fraction of sp³-hybridized carbons (Fsp3) is 0.312. The second-order valence-corrected chi connectivity index (χ2v) is 6.74. The molecule has 11 heteroatoms. The minimum Gasteiger partial charge on any atom is -0.443 e. The zero-order valence-corrected chi connectivity index (χ0v) is 14.8. The molecule has 0 fully saturated rings. The van der Waals surface area contributed by atoms with E-state index >= 15 is 0 Å². The predicted molar refractivity (Wildman–Crippen MR) is 89.4 cm³/mol. The number of amides is 1. The van der Waals surface area contributed by atoms with Gasteiger partial charge in [-0.15, -0.1) is 11.3 Å². The topological polar surface area (TPSA) is 93.2 Å². The molecule has 1 atom stereocenters. The summed E-state index contributed by atoms with van der Waals surface area (Å²) in [6.45, 7) is -0.137. The Balaban J connectivity index is 1.68. The third-order valence-corrected chi connectivity index (χ3v) is 4.68. The number of aliphatic hydroxyl groups is 1. The summed E-state index contributed by atoms with van der Waals surface area (Å²) in [6.07, 6.45) is -2.62. The van der Waals surface area contributed by atoms with Crippen LogP contribution in [0.25, 0.3) is 10.8 Å². The molecule has 3 heterocycles. The maximum absolute atomic E-state index is 13.4. The van der Waals surface area contributed by atoms with Crippen molar-refractivity contribution in [2.24, 2.45) is 7.05 Å². The summed E-state index contributed by atoms with van der Waals surface area (Å²) in [4.78, 5) is 20.5. The van der Waals surface area contributed by atoms with E-state index in [0.29, 0.717) is 11.6 Å². The molecule has 144 valence electrons. The van der Waals surface area contributed by atoms with E-state index in [2.05, 4.69) is 15.3 Å². The lowest BCUT2D eigenvalue weighted by molar-refractivity contribution is -0.271. The quantitative estimate of drug-likeness (QED) is 0.664. The number of alkyl halides is 3. The Labute approximate surface area is 155 Å². The average molecular weight is 400 g/mol. The molecule has 1 unspecified atom stereocenters. The SMILES string of the molecule is Cn1ccnc1C(O)(CC(=O)NCc1coc(-c2cccs2)n1)C(F)(F)F. The standard InChI is InChI=1S/C16H15F3N4O3S/c1-23-5-4-20-14(23)15(25,16(17,18)19)7-12(24)21-8-10-9-26-13(22-10)11-3-2-6-27-11/h2-6,9,25H,7-8H2,1H3,(H,21,24). The van der Waals surface area contributed by atoms with Crippen LogP contribution in [0.5, 0.6) is 0 Å². The maximum atomic E-state index is 13.4. The highest BCUT2D eigenvalue weighted by Gasteiger charge is 2.58. The summed E-state index contributed by atoms with van der Waals surface area (Å²) in [5.41, 5.74) is -3.05. The van der Waals surface area contributed by atoms with E-state index in [1.165, 1.54) is 30.8 Å². The monoisotopic (exact) mass is 400 g/mol. The highest BCUT2D eigenvalue weighted by Crippen LogP contribution is 2.40. The number of aromatic nitrogens is 3. The Kier molecular flexibility index (Phi) is 5.07. The minimum atomic E-state index is -5.08. The fourth-order valence-corrected chi connectivity index (χ4v) is 3.11. The largest absolute Gasteiger partial charge is 0.443 e. The van der Waals surface area contributed by atoms with Crippen molar-refractivity contribution in [1.29, 1.82) is 0 Å². The summed E-state index contributed by atoms with van der Waals surface area (Å²) < 4.78 is 46.6. The minimum absolute atomic E-state index is 0.137. The van der Waals surface area contributed by atoms with E-state index in [1.54, 1.807) is 6.07 Å². The van der Waals surface area contributed by atoms with E-state index in [-0.39, 0.29) is 6.54 Å². The average Bonchev–Trinajstić information content (AvgIpc) is 3.32. The lowest BCUT2D eigenvalue weighted by Crippen LogP contribution is -2.47. The van der Waals surface area contributed by atoms with Crippen molar-refractivity contribution in [2.45, 2.75) is 24.7 Å². The van der Waals surface area contributed by atoms with E-state index in [4.69, 9.17) is 4.42 Å². The van der Waals surface area contributed by atoms with Gasteiger partial charge in [-0.1, -0.05) is 6.07 Å². The molecule has 3 aromatic rings. The normalized spacial score (nSPS) is 14.1. The Morgan fingerprint density at radius 1 is 1.44 bits per heavy atom. The number of rotatable bonds is 6. The number of oxazole rings is 1. The van der Waals surface area contributed by atoms with Crippen LogP contribution in [-0.2, 0) is 24.0 Å². The van der Waals surface area contributed by atoms with Crippen molar-refractivity contribution in [3.63, 3.8) is 0 Å². The Morgan fingerprint density at radius 2 is 2.22 bits per heavy atom. The summed E-state index contributed by atoms with van der Waals surface area (Å²) in [5, 5.41) is 14.3. The van der Waals surface area contributed by atoms with Gasteiger partial charge >= 0.3 is 6.18 Å². The van der Waals surface area contributed by atoms with Crippen LogP contribution in [0.2, 0.25) is 0 Å². The zero-order valence-electron chi connectivity index (χ0n) is 14.0. The number of aryl methyl sites for hydroxylation is 1. The Morgan fingerprint density at radius 3 is 2.81 bits per heavy atom. The lowest BCUT2D eigenvalue weighted by Gasteiger charge is -2.29. The number of nitrogens with zero attached hydrogens (tertiary/aromatic N) is 3. The highest BCUT2D eigenvalue weighted by atomic mass is 32.1. The zero-order chi connectivity index (χ0) is 19.7. The van der Waals surface area contributed by atoms with Gasteiger partial charge in [-0.25, -0.2) is 9.97 Å². The number of thiophene rings is 1. The van der Waals surface area contributed by atoms with Crippen LogP contribution >= 0.6 is 11.3 Å². The maximum Gasteiger partial charge on any atom is 0.425 e. The first-order valence-electron chi connectivity index (χ1n) is 7.72. The van der Waals surface area contributed by atoms with Crippen LogP contribution < -0.4 is 5.32 Å². The van der Waals surface area contributed by atoms with E-state index < -0.39 is 29.9 Å². The molecule has 2 N–H and O–H groups in total. The molecule has 7 nitrogen and oxygen atoms in total. The van der Waals surface area contributed by atoms with Crippen LogP contribution in [0, 0.1) is 0 Å². The van der Waals surface area contributed by atoms with Gasteiger partial charge in [-0.3, -0.25) is 4.79 Å². The molecule has 3 aromatic heterocycles. The van der Waals surface area contributed by atoms with Gasteiger partial charge < -0.3 is 19.4 Å². The van der Waals surface area contributed by atoms with Gasteiger partial charge in [-0.2, -0.15) is 13.2 Å². The van der Waals surface area contributed by atoms with E-state index in [1.807, 2.05) is 11.4 Å². The summed E-state index contributed by atoms with van der Waals surface area (Å²) in [5.74, 6) is -1.31. The van der Waals surface area contributed by atoms with Gasteiger partial charge in [0.05, 0.1) is 23.5 Å². The molecule has 0 saturated carbocycles. The van der Waals surface area contributed by atoms with E-state index in [0.717, 1.165) is 15.6 Å². The summed E-state index contributed by atoms with van der Waals surface area (Å²) >= 11 is 1.41. The molecule has 0 radical (unpaired) electrons. The van der Waals surface area contributed by atoms with Crippen LogP contribution in [0.15, 0.2) is 40.6 Å². The molecular formula is C16H15F3N4O3S. The van der Waals surface area contributed by atoms with Crippen LogP contribution in [-0.4, -0.2) is 31.7 Å². The molecule has 27 heavy (non-hydrogen) atoms. The second-order valence-electron chi connectivity index (χ2n) is 5.79. The molecule has 0 spiro atoms. The molecule has 0 aliphatic rings. The number of hydrogen-bond donors (Lipinski definition) is 2. The molecule has 0 aromatic carbocycles. The van der Waals surface area contributed by atoms with Gasteiger partial charge in [-0.05, 0) is 11.4 Å². The number of carbonyl (C=O) groups is 1. The molecule has 0 aliphatic carbocycles. The number of carbonyl (C=O) groups excluding carboxylic acids is 1. The molecule has 0 aliphatic heterocycles. The first-order chi connectivity index (χ1) is 12.7. The number of halogens is 3. The van der Waals surface area contributed by atoms with Crippen molar-refractivity contribution < 1.29 is 27.5 Å². The number of imidazole rings is 1. The van der Waals surface area contributed by atoms with Crippen molar-refractivity contribution >= 4 is 17.2 Å². The Bertz CT molecular complexity index is 920. The van der Waals surface area contributed by atoms with Crippen LogP contribution in [0.3, 0.4) is 0 Å². The molecule has 3 rings (SSSR count). The number of nitrogens with one attached hydrogen (secondary N) is 1. The predicted octanol–water partition coefficient (Wildman–Crippen LogP) is 2.59. The number of hydrogen-bond acceptors (Lipinski definition) is 6. The van der Waals surface area contributed by atoms with Crippen molar-refractivity contribution in [3.05, 3.63) is 47.7 Å². The molecule has 1 amide bonds.